The van der Waals surface area contributed by atoms with Crippen molar-refractivity contribution in [2.45, 2.75) is 6.42 Å². The predicted octanol–water partition coefficient (Wildman–Crippen LogP) is 2.49. The van der Waals surface area contributed by atoms with Gasteiger partial charge in [0, 0.05) is 38.6 Å². The summed E-state index contributed by atoms with van der Waals surface area (Å²) in [6, 6.07) is 10.2. The van der Waals surface area contributed by atoms with Crippen molar-refractivity contribution in [2.75, 3.05) is 32.6 Å². The van der Waals surface area contributed by atoms with Gasteiger partial charge in [0.2, 0.25) is 0 Å². The number of hydrogen-bond acceptors (Lipinski definition) is 5. The Morgan fingerprint density at radius 3 is 2.56 bits per heavy atom. The fraction of sp³-hybridized carbons (Fsp3) is 0.278. The Morgan fingerprint density at radius 2 is 1.93 bits per heavy atom. The lowest BCUT2D eigenvalue weighted by Gasteiger charge is -2.21. The number of methoxy groups -OCH3 is 1. The summed E-state index contributed by atoms with van der Waals surface area (Å²) in [5, 5.41) is 9.54. The van der Waals surface area contributed by atoms with E-state index < -0.39 is 0 Å². The topological polar surface area (TPSA) is 82.7 Å². The summed E-state index contributed by atoms with van der Waals surface area (Å²) in [4.78, 5) is 25.0. The molecule has 0 spiro atoms. The number of carbonyl (C=O) groups is 2. The molecular weight excluding hydrogens is 384 g/mol. The molecule has 0 saturated carbocycles. The third kappa shape index (κ3) is 6.63. The average Bonchev–Trinajstić information content (AvgIpc) is 3.20. The molecule has 2 aromatic rings. The van der Waals surface area contributed by atoms with Crippen molar-refractivity contribution in [3.63, 3.8) is 0 Å². The molecule has 3 N–H and O–H groups in total. The number of rotatable bonds is 7. The molecule has 0 unspecified atom stereocenters. The lowest BCUT2D eigenvalue weighted by molar-refractivity contribution is 0.0886. The SMILES string of the molecule is COCCCNC(=S)N(C)NC(=O)c1ccc(NC(=O)c2cccs2)cc1. The number of benzene rings is 1. The molecule has 9 heteroatoms. The van der Waals surface area contributed by atoms with Gasteiger partial charge in [-0.1, -0.05) is 6.07 Å². The Hall–Kier alpha value is -2.49. The molecule has 7 nitrogen and oxygen atoms in total. The van der Waals surface area contributed by atoms with Gasteiger partial charge in [-0.2, -0.15) is 0 Å². The molecule has 0 aliphatic rings. The number of hydrazine groups is 1. The van der Waals surface area contributed by atoms with Gasteiger partial charge < -0.3 is 15.4 Å². The van der Waals surface area contributed by atoms with Crippen molar-refractivity contribution >= 4 is 46.2 Å². The van der Waals surface area contributed by atoms with Crippen molar-refractivity contribution in [3.8, 4) is 0 Å². The highest BCUT2D eigenvalue weighted by molar-refractivity contribution is 7.80. The van der Waals surface area contributed by atoms with E-state index in [0.29, 0.717) is 34.4 Å². The second-order valence-corrected chi connectivity index (χ2v) is 6.92. The summed E-state index contributed by atoms with van der Waals surface area (Å²) in [5.74, 6) is -0.471. The third-order valence-corrected chi connectivity index (χ3v) is 4.81. The number of hydrogen-bond donors (Lipinski definition) is 3. The molecule has 1 aromatic heterocycles. The van der Waals surface area contributed by atoms with Crippen molar-refractivity contribution in [3.05, 3.63) is 52.2 Å². The van der Waals surface area contributed by atoms with Crippen LogP contribution in [0.4, 0.5) is 5.69 Å². The predicted molar refractivity (Wildman–Crippen MR) is 111 cm³/mol. The fourth-order valence-electron chi connectivity index (χ4n) is 2.10. The van der Waals surface area contributed by atoms with Crippen molar-refractivity contribution in [1.82, 2.24) is 15.8 Å². The van der Waals surface area contributed by atoms with E-state index in [1.165, 1.54) is 16.3 Å². The van der Waals surface area contributed by atoms with Crippen LogP contribution in [-0.4, -0.2) is 49.2 Å². The van der Waals surface area contributed by atoms with Crippen molar-refractivity contribution in [2.24, 2.45) is 0 Å². The van der Waals surface area contributed by atoms with E-state index in [2.05, 4.69) is 16.1 Å². The van der Waals surface area contributed by atoms with Gasteiger partial charge in [0.05, 0.1) is 4.88 Å². The first-order valence-electron chi connectivity index (χ1n) is 8.27. The zero-order chi connectivity index (χ0) is 19.6. The molecule has 2 rings (SSSR count). The number of thiophene rings is 1. The molecule has 2 amide bonds. The average molecular weight is 407 g/mol. The van der Waals surface area contributed by atoms with Crippen molar-refractivity contribution < 1.29 is 14.3 Å². The molecule has 144 valence electrons. The van der Waals surface area contributed by atoms with Gasteiger partial charge in [-0.15, -0.1) is 11.3 Å². The molecule has 0 saturated heterocycles. The molecule has 0 radical (unpaired) electrons. The van der Waals surface area contributed by atoms with Gasteiger partial charge in [0.15, 0.2) is 5.11 Å². The fourth-order valence-corrected chi connectivity index (χ4v) is 2.87. The second-order valence-electron chi connectivity index (χ2n) is 5.59. The van der Waals surface area contributed by atoms with E-state index in [9.17, 15) is 9.59 Å². The van der Waals surface area contributed by atoms with Crippen LogP contribution >= 0.6 is 23.6 Å². The van der Waals surface area contributed by atoms with E-state index in [4.69, 9.17) is 17.0 Å². The van der Waals surface area contributed by atoms with Gasteiger partial charge in [-0.3, -0.25) is 20.0 Å². The summed E-state index contributed by atoms with van der Waals surface area (Å²) in [6.45, 7) is 1.30. The van der Waals surface area contributed by atoms with Crippen molar-refractivity contribution in [1.29, 1.82) is 0 Å². The molecule has 0 aliphatic heterocycles. The number of amides is 2. The lowest BCUT2D eigenvalue weighted by Crippen LogP contribution is -2.48. The van der Waals surface area contributed by atoms with Crippen LogP contribution in [0.1, 0.15) is 26.5 Å². The summed E-state index contributed by atoms with van der Waals surface area (Å²) < 4.78 is 4.97. The number of ether oxygens (including phenoxy) is 1. The highest BCUT2D eigenvalue weighted by Crippen LogP contribution is 2.14. The number of nitrogens with one attached hydrogen (secondary N) is 3. The van der Waals surface area contributed by atoms with Gasteiger partial charge >= 0.3 is 0 Å². The lowest BCUT2D eigenvalue weighted by atomic mass is 10.2. The molecule has 1 aromatic carbocycles. The number of nitrogens with zero attached hydrogens (tertiary/aromatic N) is 1. The molecule has 1 heterocycles. The van der Waals surface area contributed by atoms with Crippen LogP contribution in [0.3, 0.4) is 0 Å². The second kappa shape index (κ2) is 10.6. The normalized spacial score (nSPS) is 10.1. The maximum absolute atomic E-state index is 12.3. The van der Waals surface area contributed by atoms with Crippen LogP contribution in [0.15, 0.2) is 41.8 Å². The minimum absolute atomic E-state index is 0.174. The quantitative estimate of drug-likeness (QED) is 0.372. The Morgan fingerprint density at radius 1 is 1.19 bits per heavy atom. The van der Waals surface area contributed by atoms with E-state index in [1.807, 2.05) is 11.4 Å². The van der Waals surface area contributed by atoms with Crippen LogP contribution < -0.4 is 16.1 Å². The first-order valence-corrected chi connectivity index (χ1v) is 9.56. The number of anilines is 1. The molecule has 27 heavy (non-hydrogen) atoms. The standard InChI is InChI=1S/C18H22N4O3S2/c1-22(18(26)19-10-4-11-25-2)21-16(23)13-6-8-14(9-7-13)20-17(24)15-5-3-12-27-15/h3,5-9,12H,4,10-11H2,1-2H3,(H,19,26)(H,20,24)(H,21,23). The molecule has 0 fully saturated rings. The Bertz CT molecular complexity index is 763. The summed E-state index contributed by atoms with van der Waals surface area (Å²) in [7, 11) is 3.31. The third-order valence-electron chi connectivity index (χ3n) is 3.53. The minimum Gasteiger partial charge on any atom is -0.385 e. The first-order chi connectivity index (χ1) is 13.0. The van der Waals surface area contributed by atoms with Gasteiger partial charge in [-0.25, -0.2) is 0 Å². The van der Waals surface area contributed by atoms with E-state index in [0.717, 1.165) is 6.42 Å². The summed E-state index contributed by atoms with van der Waals surface area (Å²) >= 11 is 6.58. The zero-order valence-corrected chi connectivity index (χ0v) is 16.8. The zero-order valence-electron chi connectivity index (χ0n) is 15.2. The van der Waals surface area contributed by atoms with E-state index in [-0.39, 0.29) is 11.8 Å². The molecular formula is C18H22N4O3S2. The van der Waals surface area contributed by atoms with Crippen LogP contribution in [0.2, 0.25) is 0 Å². The van der Waals surface area contributed by atoms with Crippen LogP contribution in [0, 0.1) is 0 Å². The first kappa shape index (κ1) is 20.8. The van der Waals surface area contributed by atoms with Gasteiger partial charge in [0.25, 0.3) is 11.8 Å². The Labute approximate surface area is 167 Å². The molecule has 0 aliphatic carbocycles. The van der Waals surface area contributed by atoms with Crippen LogP contribution in [0.5, 0.6) is 0 Å². The molecule has 0 bridgehead atoms. The van der Waals surface area contributed by atoms with Gasteiger partial charge in [-0.05, 0) is 54.4 Å². The summed E-state index contributed by atoms with van der Waals surface area (Å²) in [5.41, 5.74) is 3.77. The van der Waals surface area contributed by atoms with E-state index >= 15 is 0 Å². The van der Waals surface area contributed by atoms with Gasteiger partial charge in [0.1, 0.15) is 0 Å². The highest BCUT2D eigenvalue weighted by atomic mass is 32.1. The van der Waals surface area contributed by atoms with Crippen LogP contribution in [0.25, 0.3) is 0 Å². The number of carbonyl (C=O) groups excluding carboxylic acids is 2. The Balaban J connectivity index is 1.84. The number of thiocarbonyl (C=S) groups is 1. The van der Waals surface area contributed by atoms with E-state index in [1.54, 1.807) is 44.5 Å². The monoisotopic (exact) mass is 406 g/mol. The maximum Gasteiger partial charge on any atom is 0.269 e. The smallest absolute Gasteiger partial charge is 0.269 e. The largest absolute Gasteiger partial charge is 0.385 e. The van der Waals surface area contributed by atoms with Crippen LogP contribution in [-0.2, 0) is 4.74 Å². The Kier molecular flexibility index (Phi) is 8.18. The summed E-state index contributed by atoms with van der Waals surface area (Å²) in [6.07, 6.45) is 0.817. The minimum atomic E-state index is -0.297. The highest BCUT2D eigenvalue weighted by Gasteiger charge is 2.11. The molecule has 0 atom stereocenters. The maximum atomic E-state index is 12.3.